The Morgan fingerprint density at radius 3 is 2.37 bits per heavy atom. The summed E-state index contributed by atoms with van der Waals surface area (Å²) in [6.07, 6.45) is 2.84. The lowest BCUT2D eigenvalue weighted by Crippen LogP contribution is -2.40. The van der Waals surface area contributed by atoms with Crippen LogP contribution in [0.3, 0.4) is 0 Å². The molecule has 0 fully saturated rings. The van der Waals surface area contributed by atoms with Crippen LogP contribution in [0, 0.1) is 11.3 Å². The predicted octanol–water partition coefficient (Wildman–Crippen LogP) is 3.03. The molecule has 0 saturated heterocycles. The number of phosphoric ester groups is 1. The topological polar surface area (TPSA) is 182 Å². The monoisotopic (exact) mass is 574 g/mol. The van der Waals surface area contributed by atoms with Crippen molar-refractivity contribution < 1.29 is 23.6 Å². The molecule has 4 heterocycles. The fraction of sp³-hybridized carbons (Fsp3) is 0.185. The summed E-state index contributed by atoms with van der Waals surface area (Å²) in [4.78, 5) is 58.9. The van der Waals surface area contributed by atoms with Gasteiger partial charge in [-0.15, -0.1) is 0 Å². The number of hydrogen-bond acceptors (Lipinski definition) is 9. The Morgan fingerprint density at radius 1 is 1.02 bits per heavy atom. The van der Waals surface area contributed by atoms with Gasteiger partial charge in [0.05, 0.1) is 46.4 Å². The van der Waals surface area contributed by atoms with Gasteiger partial charge in [0.1, 0.15) is 12.2 Å². The highest BCUT2D eigenvalue weighted by Crippen LogP contribution is 2.36. The van der Waals surface area contributed by atoms with E-state index in [2.05, 4.69) is 20.6 Å². The summed E-state index contributed by atoms with van der Waals surface area (Å²) in [6, 6.07) is 15.6. The molecule has 5 rings (SSSR count). The number of rotatable bonds is 7. The molecule has 2 N–H and O–H groups in total. The van der Waals surface area contributed by atoms with Crippen LogP contribution in [0.15, 0.2) is 70.5 Å². The third kappa shape index (κ3) is 5.25. The average Bonchev–Trinajstić information content (AvgIpc) is 2.96. The molecule has 0 radical (unpaired) electrons. The maximum absolute atomic E-state index is 13.8. The van der Waals surface area contributed by atoms with Crippen LogP contribution in [-0.4, -0.2) is 41.0 Å². The Labute approximate surface area is 232 Å². The smallest absolute Gasteiger partial charge is 0.471 e. The predicted molar refractivity (Wildman–Crippen MR) is 148 cm³/mol. The second-order valence-corrected chi connectivity index (χ2v) is 10.8. The fourth-order valence-corrected chi connectivity index (χ4v) is 4.54. The second kappa shape index (κ2) is 10.3. The van der Waals surface area contributed by atoms with Gasteiger partial charge in [0.25, 0.3) is 5.56 Å². The molecule has 0 amide bonds. The van der Waals surface area contributed by atoms with E-state index < -0.39 is 31.2 Å². The van der Waals surface area contributed by atoms with Gasteiger partial charge in [-0.1, -0.05) is 12.1 Å². The first kappa shape index (κ1) is 27.8. The number of nitriles is 1. The third-order valence-electron chi connectivity index (χ3n) is 6.53. The Bertz CT molecular complexity index is 2010. The molecule has 13 nitrogen and oxygen atoms in total. The van der Waals surface area contributed by atoms with Crippen LogP contribution in [0.4, 0.5) is 0 Å². The van der Waals surface area contributed by atoms with Crippen molar-refractivity contribution in [1.29, 1.82) is 5.26 Å². The lowest BCUT2D eigenvalue weighted by molar-refractivity contribution is 0.148. The zero-order valence-corrected chi connectivity index (χ0v) is 22.9. The molecule has 0 atom stereocenters. The van der Waals surface area contributed by atoms with Gasteiger partial charge in [0.2, 0.25) is 5.88 Å². The zero-order valence-electron chi connectivity index (χ0n) is 22.0. The molecule has 5 aromatic rings. The van der Waals surface area contributed by atoms with E-state index in [1.807, 2.05) is 0 Å². The first-order valence-corrected chi connectivity index (χ1v) is 13.6. The van der Waals surface area contributed by atoms with E-state index >= 15 is 0 Å². The zero-order chi connectivity index (χ0) is 29.5. The summed E-state index contributed by atoms with van der Waals surface area (Å²) in [6.45, 7) is 2.50. The van der Waals surface area contributed by atoms with Crippen molar-refractivity contribution in [3.63, 3.8) is 0 Å². The normalized spacial score (nSPS) is 12.0. The summed E-state index contributed by atoms with van der Waals surface area (Å²) >= 11 is 0. The van der Waals surface area contributed by atoms with Crippen LogP contribution >= 0.6 is 7.82 Å². The van der Waals surface area contributed by atoms with Gasteiger partial charge in [-0.25, -0.2) is 23.9 Å². The Kier molecular flexibility index (Phi) is 7.02. The minimum atomic E-state index is -5.01. The van der Waals surface area contributed by atoms with E-state index in [0.29, 0.717) is 38.5 Å². The largest absolute Gasteiger partial charge is 0.481 e. The highest BCUT2D eigenvalue weighted by molar-refractivity contribution is 7.46. The number of pyridine rings is 3. The Balaban J connectivity index is 1.83. The van der Waals surface area contributed by atoms with E-state index in [1.54, 1.807) is 68.6 Å². The van der Waals surface area contributed by atoms with Gasteiger partial charge in [0, 0.05) is 24.0 Å². The molecule has 0 aliphatic heterocycles. The lowest BCUT2D eigenvalue weighted by atomic mass is 9.86. The van der Waals surface area contributed by atoms with E-state index in [1.165, 1.54) is 17.9 Å². The SMILES string of the molecule is COc1ccc(-c2ccc3ncc4c(=O)n(COP(=O)(O)O)c(=O)n(-c5ccc(C(C)(C)C#N)cc5)c4c3n2)cn1. The van der Waals surface area contributed by atoms with Crippen LogP contribution in [0.1, 0.15) is 19.4 Å². The van der Waals surface area contributed by atoms with Crippen molar-refractivity contribution in [1.82, 2.24) is 24.1 Å². The van der Waals surface area contributed by atoms with Gasteiger partial charge >= 0.3 is 13.5 Å². The van der Waals surface area contributed by atoms with Crippen molar-refractivity contribution in [2.24, 2.45) is 0 Å². The molecule has 41 heavy (non-hydrogen) atoms. The molecule has 0 saturated carbocycles. The van der Waals surface area contributed by atoms with Crippen molar-refractivity contribution in [2.45, 2.75) is 26.0 Å². The van der Waals surface area contributed by atoms with Crippen LogP contribution in [0.25, 0.3) is 38.9 Å². The average molecular weight is 574 g/mol. The van der Waals surface area contributed by atoms with Gasteiger partial charge in [0.15, 0.2) is 0 Å². The highest BCUT2D eigenvalue weighted by atomic mass is 31.2. The summed E-state index contributed by atoms with van der Waals surface area (Å²) in [7, 11) is -3.52. The van der Waals surface area contributed by atoms with Gasteiger partial charge in [-0.05, 0) is 49.7 Å². The molecule has 0 bridgehead atoms. The minimum Gasteiger partial charge on any atom is -0.481 e. The molecule has 208 valence electrons. The van der Waals surface area contributed by atoms with E-state index in [0.717, 1.165) is 0 Å². The second-order valence-electron chi connectivity index (χ2n) is 9.56. The van der Waals surface area contributed by atoms with Gasteiger partial charge in [-0.3, -0.25) is 18.9 Å². The number of methoxy groups -OCH3 is 1. The molecule has 0 spiro atoms. The molecule has 1 aromatic carbocycles. The van der Waals surface area contributed by atoms with E-state index in [-0.39, 0.29) is 16.4 Å². The summed E-state index contributed by atoms with van der Waals surface area (Å²) in [5.41, 5.74) is 0.293. The van der Waals surface area contributed by atoms with Crippen LogP contribution in [-0.2, 0) is 21.2 Å². The molecule has 14 heteroatoms. The van der Waals surface area contributed by atoms with Crippen molar-refractivity contribution >= 4 is 29.8 Å². The summed E-state index contributed by atoms with van der Waals surface area (Å²) in [5, 5.41) is 9.49. The minimum absolute atomic E-state index is 0.0367. The molecular weight excluding hydrogens is 551 g/mol. The number of fused-ring (bicyclic) bond motifs is 3. The third-order valence-corrected chi connectivity index (χ3v) is 6.98. The van der Waals surface area contributed by atoms with Crippen molar-refractivity contribution in [3.8, 4) is 28.9 Å². The number of phosphoric acid groups is 1. The Morgan fingerprint density at radius 2 is 1.76 bits per heavy atom. The van der Waals surface area contributed by atoms with Gasteiger partial charge < -0.3 is 14.5 Å². The van der Waals surface area contributed by atoms with Crippen molar-refractivity contribution in [2.75, 3.05) is 7.11 Å². The maximum atomic E-state index is 13.8. The highest BCUT2D eigenvalue weighted by Gasteiger charge is 2.23. The fourth-order valence-electron chi connectivity index (χ4n) is 4.28. The van der Waals surface area contributed by atoms with Crippen LogP contribution in [0.5, 0.6) is 5.88 Å². The summed E-state index contributed by atoms with van der Waals surface area (Å²) < 4.78 is 22.8. The lowest BCUT2D eigenvalue weighted by Gasteiger charge is -2.18. The molecule has 4 aromatic heterocycles. The van der Waals surface area contributed by atoms with Crippen LogP contribution in [0.2, 0.25) is 0 Å². The van der Waals surface area contributed by atoms with E-state index in [4.69, 9.17) is 9.72 Å². The number of benzene rings is 1. The van der Waals surface area contributed by atoms with E-state index in [9.17, 15) is 29.2 Å². The summed E-state index contributed by atoms with van der Waals surface area (Å²) in [5.74, 6) is 0.414. The first-order valence-electron chi connectivity index (χ1n) is 12.1. The molecular formula is C27H23N6O7P. The number of hydrogen-bond donors (Lipinski definition) is 2. The van der Waals surface area contributed by atoms with Crippen LogP contribution < -0.4 is 16.0 Å². The Hall–Kier alpha value is -4.73. The standard InChI is InChI=1S/C27H23N6O7P/c1-27(2,14-28)17-5-7-18(8-6-17)33-24-19(25(34)32(26(33)35)15-40-41(36,37)38)13-29-21-10-9-20(31-23(21)24)16-4-11-22(39-3)30-12-16/h4-13H,15H2,1-3H3,(H2,36,37,38). The van der Waals surface area contributed by atoms with Gasteiger partial charge in [-0.2, -0.15) is 5.26 Å². The van der Waals surface area contributed by atoms with Crippen molar-refractivity contribution in [3.05, 3.63) is 87.3 Å². The molecule has 0 aliphatic carbocycles. The number of nitrogens with zero attached hydrogens (tertiary/aromatic N) is 6. The quantitative estimate of drug-likeness (QED) is 0.215. The first-order chi connectivity index (χ1) is 19.4. The maximum Gasteiger partial charge on any atom is 0.471 e. The molecule has 0 aliphatic rings. The number of aromatic nitrogens is 5. The molecule has 0 unspecified atom stereocenters. The number of ether oxygens (including phenoxy) is 1.